The van der Waals surface area contributed by atoms with Gasteiger partial charge in [-0.2, -0.15) is 0 Å². The number of ether oxygens (including phenoxy) is 4. The first kappa shape index (κ1) is 20.8. The average Bonchev–Trinajstić information content (AvgIpc) is 2.79. The molecule has 2 aromatic carbocycles. The third kappa shape index (κ3) is 5.16. The highest BCUT2D eigenvalue weighted by Gasteiger charge is 2.23. The zero-order valence-electron chi connectivity index (χ0n) is 17.4. The van der Waals surface area contributed by atoms with Gasteiger partial charge in [0.1, 0.15) is 12.4 Å². The van der Waals surface area contributed by atoms with E-state index in [0.717, 1.165) is 49.1 Å². The van der Waals surface area contributed by atoms with E-state index in [0.29, 0.717) is 19.8 Å². The number of methoxy groups -OCH3 is 1. The van der Waals surface area contributed by atoms with Crippen LogP contribution in [0, 0.1) is 0 Å². The molecule has 30 heavy (non-hydrogen) atoms. The molecule has 2 heterocycles. The summed E-state index contributed by atoms with van der Waals surface area (Å²) in [6.45, 7) is 5.34. The van der Waals surface area contributed by atoms with Crippen molar-refractivity contribution in [3.05, 3.63) is 48.5 Å². The Morgan fingerprint density at radius 3 is 2.57 bits per heavy atom. The topological polar surface area (TPSA) is 63.6 Å². The zero-order valence-corrected chi connectivity index (χ0v) is 17.4. The number of para-hydroxylation sites is 4. The van der Waals surface area contributed by atoms with Crippen LogP contribution in [0.5, 0.6) is 17.2 Å². The first-order valence-electron chi connectivity index (χ1n) is 10.5. The Morgan fingerprint density at radius 1 is 1.03 bits per heavy atom. The maximum atomic E-state index is 10.4. The Bertz CT molecular complexity index is 810. The number of benzene rings is 2. The molecule has 2 atom stereocenters. The Kier molecular flexibility index (Phi) is 6.94. The van der Waals surface area contributed by atoms with E-state index in [1.54, 1.807) is 7.11 Å². The fraction of sp³-hybridized carbons (Fsp3) is 0.478. The second kappa shape index (κ2) is 10.0. The van der Waals surface area contributed by atoms with Gasteiger partial charge in [0, 0.05) is 32.7 Å². The molecule has 7 nitrogen and oxygen atoms in total. The van der Waals surface area contributed by atoms with Crippen molar-refractivity contribution in [1.29, 1.82) is 0 Å². The second-order valence-corrected chi connectivity index (χ2v) is 7.65. The fourth-order valence-corrected chi connectivity index (χ4v) is 3.89. The molecular formula is C23H30N2O5. The average molecular weight is 415 g/mol. The fourth-order valence-electron chi connectivity index (χ4n) is 3.89. The van der Waals surface area contributed by atoms with Crippen LogP contribution in [-0.2, 0) is 4.74 Å². The van der Waals surface area contributed by atoms with Crippen LogP contribution < -0.4 is 19.1 Å². The van der Waals surface area contributed by atoms with Crippen LogP contribution in [0.4, 0.5) is 5.69 Å². The molecule has 0 spiro atoms. The third-order valence-electron chi connectivity index (χ3n) is 5.45. The maximum absolute atomic E-state index is 10.4. The second-order valence-electron chi connectivity index (χ2n) is 7.65. The van der Waals surface area contributed by atoms with E-state index < -0.39 is 6.10 Å². The quantitative estimate of drug-likeness (QED) is 0.709. The molecule has 2 aliphatic rings. The standard InChI is InChI=1S/C23H30N2O5/c1-27-21-7-3-2-6-20(21)25-12-10-24(11-13-25)14-18(26)15-28-16-19-17-29-22-8-4-5-9-23(22)30-19/h2-9,18-19,26H,10-17H2,1H3/t18-,19-/m0/s1. The van der Waals surface area contributed by atoms with Gasteiger partial charge >= 0.3 is 0 Å². The molecule has 0 aliphatic carbocycles. The minimum Gasteiger partial charge on any atom is -0.495 e. The van der Waals surface area contributed by atoms with Crippen molar-refractivity contribution in [2.45, 2.75) is 12.2 Å². The van der Waals surface area contributed by atoms with Crippen LogP contribution >= 0.6 is 0 Å². The summed E-state index contributed by atoms with van der Waals surface area (Å²) in [7, 11) is 1.70. The van der Waals surface area contributed by atoms with Gasteiger partial charge in [0.05, 0.1) is 32.1 Å². The van der Waals surface area contributed by atoms with Crippen molar-refractivity contribution < 1.29 is 24.1 Å². The number of hydrogen-bond donors (Lipinski definition) is 1. The van der Waals surface area contributed by atoms with Gasteiger partial charge in [0.2, 0.25) is 0 Å². The van der Waals surface area contributed by atoms with Crippen LogP contribution in [0.2, 0.25) is 0 Å². The summed E-state index contributed by atoms with van der Waals surface area (Å²) in [5.74, 6) is 2.41. The van der Waals surface area contributed by atoms with E-state index in [4.69, 9.17) is 18.9 Å². The summed E-state index contributed by atoms with van der Waals surface area (Å²) in [5, 5.41) is 10.4. The van der Waals surface area contributed by atoms with Crippen molar-refractivity contribution in [3.63, 3.8) is 0 Å². The smallest absolute Gasteiger partial charge is 0.161 e. The Labute approximate surface area is 177 Å². The monoisotopic (exact) mass is 414 g/mol. The highest BCUT2D eigenvalue weighted by molar-refractivity contribution is 5.58. The molecule has 2 aliphatic heterocycles. The first-order valence-corrected chi connectivity index (χ1v) is 10.5. The molecule has 0 amide bonds. The number of nitrogens with zero attached hydrogens (tertiary/aromatic N) is 2. The van der Waals surface area contributed by atoms with Gasteiger partial charge in [-0.3, -0.25) is 4.90 Å². The van der Waals surface area contributed by atoms with E-state index in [1.807, 2.05) is 42.5 Å². The van der Waals surface area contributed by atoms with Crippen LogP contribution in [0.25, 0.3) is 0 Å². The summed E-state index contributed by atoms with van der Waals surface area (Å²) >= 11 is 0. The number of rotatable bonds is 8. The molecule has 1 saturated heterocycles. The Morgan fingerprint density at radius 2 is 1.77 bits per heavy atom. The molecule has 2 aromatic rings. The maximum Gasteiger partial charge on any atom is 0.161 e. The van der Waals surface area contributed by atoms with Crippen LogP contribution in [0.1, 0.15) is 0 Å². The highest BCUT2D eigenvalue weighted by Crippen LogP contribution is 2.31. The Hall–Kier alpha value is -2.48. The normalized spacial score (nSPS) is 20.1. The highest BCUT2D eigenvalue weighted by atomic mass is 16.6. The van der Waals surface area contributed by atoms with Crippen molar-refractivity contribution in [2.24, 2.45) is 0 Å². The molecule has 162 valence electrons. The molecule has 1 N–H and O–H groups in total. The van der Waals surface area contributed by atoms with Crippen molar-refractivity contribution in [1.82, 2.24) is 4.90 Å². The summed E-state index contributed by atoms with van der Waals surface area (Å²) in [6.07, 6.45) is -0.684. The van der Waals surface area contributed by atoms with Gasteiger partial charge in [-0.1, -0.05) is 24.3 Å². The largest absolute Gasteiger partial charge is 0.495 e. The Balaban J connectivity index is 1.16. The van der Waals surface area contributed by atoms with Gasteiger partial charge in [0.25, 0.3) is 0 Å². The lowest BCUT2D eigenvalue weighted by Gasteiger charge is -2.37. The van der Waals surface area contributed by atoms with Gasteiger partial charge < -0.3 is 29.0 Å². The number of anilines is 1. The van der Waals surface area contributed by atoms with Gasteiger partial charge in [-0.15, -0.1) is 0 Å². The summed E-state index contributed by atoms with van der Waals surface area (Å²) < 4.78 is 22.7. The molecule has 0 bridgehead atoms. The lowest BCUT2D eigenvalue weighted by molar-refractivity contribution is -0.0292. The first-order chi connectivity index (χ1) is 14.7. The minimum absolute atomic E-state index is 0.156. The van der Waals surface area contributed by atoms with E-state index in [1.165, 1.54) is 0 Å². The van der Waals surface area contributed by atoms with E-state index >= 15 is 0 Å². The van der Waals surface area contributed by atoms with Gasteiger partial charge in [0.15, 0.2) is 17.6 Å². The van der Waals surface area contributed by atoms with E-state index in [2.05, 4.69) is 15.9 Å². The van der Waals surface area contributed by atoms with E-state index in [9.17, 15) is 5.11 Å². The molecule has 0 aromatic heterocycles. The number of piperazine rings is 1. The molecule has 1 fully saturated rings. The number of aliphatic hydroxyl groups excluding tert-OH is 1. The lowest BCUT2D eigenvalue weighted by Crippen LogP contribution is -2.49. The molecule has 7 heteroatoms. The van der Waals surface area contributed by atoms with E-state index in [-0.39, 0.29) is 12.7 Å². The number of aliphatic hydroxyl groups is 1. The summed E-state index contributed by atoms with van der Waals surface area (Å²) in [4.78, 5) is 4.60. The molecular weight excluding hydrogens is 384 g/mol. The van der Waals surface area contributed by atoms with Crippen LogP contribution in [-0.4, -0.2) is 81.9 Å². The number of hydrogen-bond acceptors (Lipinski definition) is 7. The van der Waals surface area contributed by atoms with Crippen LogP contribution in [0.15, 0.2) is 48.5 Å². The zero-order chi connectivity index (χ0) is 20.8. The molecule has 0 radical (unpaired) electrons. The third-order valence-corrected chi connectivity index (χ3v) is 5.45. The van der Waals surface area contributed by atoms with Crippen LogP contribution in [0.3, 0.4) is 0 Å². The molecule has 4 rings (SSSR count). The van der Waals surface area contributed by atoms with Crippen molar-refractivity contribution >= 4 is 5.69 Å². The minimum atomic E-state index is -0.528. The van der Waals surface area contributed by atoms with Gasteiger partial charge in [-0.05, 0) is 24.3 Å². The summed E-state index contributed by atoms with van der Waals surface area (Å²) in [5.41, 5.74) is 1.12. The van der Waals surface area contributed by atoms with Gasteiger partial charge in [-0.25, -0.2) is 0 Å². The van der Waals surface area contributed by atoms with Crippen molar-refractivity contribution in [3.8, 4) is 17.2 Å². The predicted octanol–water partition coefficient (Wildman–Crippen LogP) is 2.03. The SMILES string of the molecule is COc1ccccc1N1CCN(C[C@H](O)COC[C@H]2COc3ccccc3O2)CC1. The predicted molar refractivity (Wildman–Crippen MR) is 115 cm³/mol. The molecule has 0 unspecified atom stereocenters. The summed E-state index contributed by atoms with van der Waals surface area (Å²) in [6, 6.07) is 15.7. The number of fused-ring (bicyclic) bond motifs is 1. The molecule has 0 saturated carbocycles. The lowest BCUT2D eigenvalue weighted by atomic mass is 10.2. The van der Waals surface area contributed by atoms with Crippen molar-refractivity contribution in [2.75, 3.05) is 64.6 Å². The number of β-amino-alcohol motifs (C(OH)–C–C–N with tert-alkyl or cyclic N) is 1.